The Labute approximate surface area is 113 Å². The van der Waals surface area contributed by atoms with Crippen LogP contribution in [0.25, 0.3) is 0 Å². The summed E-state index contributed by atoms with van der Waals surface area (Å²) in [5.41, 5.74) is 1.46. The molecule has 0 aromatic carbocycles. The van der Waals surface area contributed by atoms with Gasteiger partial charge in [0.15, 0.2) is 0 Å². The number of H-pyrrole nitrogens is 1. The second-order valence-electron chi connectivity index (χ2n) is 5.86. The van der Waals surface area contributed by atoms with Crippen LogP contribution >= 0.6 is 0 Å². The second-order valence-corrected chi connectivity index (χ2v) is 5.86. The molecule has 1 saturated carbocycles. The smallest absolute Gasteiger partial charge is 0.271 e. The molecule has 19 heavy (non-hydrogen) atoms. The van der Waals surface area contributed by atoms with Crippen molar-refractivity contribution in [3.8, 4) is 0 Å². The van der Waals surface area contributed by atoms with Crippen molar-refractivity contribution in [2.75, 3.05) is 0 Å². The molecule has 0 saturated heterocycles. The van der Waals surface area contributed by atoms with E-state index in [1.807, 2.05) is 6.07 Å². The number of aromatic amines is 1. The number of carbonyl (C=O) groups excluding carboxylic acids is 1. The third-order valence-electron chi connectivity index (χ3n) is 3.52. The molecule has 0 bridgehead atoms. The summed E-state index contributed by atoms with van der Waals surface area (Å²) in [5, 5.41) is 19.4. The van der Waals surface area contributed by atoms with E-state index in [0.717, 1.165) is 37.8 Å². The predicted molar refractivity (Wildman–Crippen MR) is 72.9 cm³/mol. The van der Waals surface area contributed by atoms with Crippen molar-refractivity contribution in [1.29, 1.82) is 0 Å². The lowest BCUT2D eigenvalue weighted by Crippen LogP contribution is -2.38. The molecular weight excluding hydrogens is 242 g/mol. The third kappa shape index (κ3) is 4.06. The highest BCUT2D eigenvalue weighted by atomic mass is 16.3. The number of rotatable bonds is 4. The van der Waals surface area contributed by atoms with Gasteiger partial charge in [0.1, 0.15) is 5.69 Å². The van der Waals surface area contributed by atoms with E-state index in [0.29, 0.717) is 11.6 Å². The highest BCUT2D eigenvalue weighted by molar-refractivity contribution is 5.92. The van der Waals surface area contributed by atoms with Gasteiger partial charge in [-0.3, -0.25) is 9.89 Å². The maximum absolute atomic E-state index is 12.0. The highest BCUT2D eigenvalue weighted by Gasteiger charge is 2.22. The Morgan fingerprint density at radius 1 is 1.47 bits per heavy atom. The summed E-state index contributed by atoms with van der Waals surface area (Å²) in [5.74, 6) is 0.420. The molecule has 0 spiro atoms. The number of aliphatic hydroxyl groups is 1. The van der Waals surface area contributed by atoms with Crippen molar-refractivity contribution in [3.63, 3.8) is 0 Å². The third-order valence-corrected chi connectivity index (χ3v) is 3.52. The van der Waals surface area contributed by atoms with Crippen LogP contribution in [0.4, 0.5) is 0 Å². The topological polar surface area (TPSA) is 78.0 Å². The fourth-order valence-electron chi connectivity index (χ4n) is 2.50. The minimum Gasteiger partial charge on any atom is -0.393 e. The van der Waals surface area contributed by atoms with E-state index in [9.17, 15) is 9.90 Å². The van der Waals surface area contributed by atoms with Crippen molar-refractivity contribution < 1.29 is 9.90 Å². The van der Waals surface area contributed by atoms with Crippen LogP contribution in [0, 0.1) is 5.92 Å². The average Bonchev–Trinajstić information content (AvgIpc) is 2.80. The fourth-order valence-corrected chi connectivity index (χ4v) is 2.50. The Kier molecular flexibility index (Phi) is 4.58. The van der Waals surface area contributed by atoms with Crippen LogP contribution < -0.4 is 5.32 Å². The van der Waals surface area contributed by atoms with Crippen LogP contribution in [-0.2, 0) is 6.42 Å². The van der Waals surface area contributed by atoms with E-state index < -0.39 is 0 Å². The maximum atomic E-state index is 12.0. The van der Waals surface area contributed by atoms with Crippen molar-refractivity contribution >= 4 is 5.91 Å². The Hall–Kier alpha value is -1.36. The van der Waals surface area contributed by atoms with Crippen LogP contribution in [0.15, 0.2) is 6.07 Å². The molecule has 0 radical (unpaired) electrons. The minimum absolute atomic E-state index is 0.118. The zero-order valence-corrected chi connectivity index (χ0v) is 11.6. The van der Waals surface area contributed by atoms with Gasteiger partial charge in [-0.2, -0.15) is 5.10 Å². The van der Waals surface area contributed by atoms with Crippen molar-refractivity contribution in [2.45, 2.75) is 58.1 Å². The molecular formula is C14H23N3O2. The minimum atomic E-state index is -0.198. The molecule has 1 amide bonds. The summed E-state index contributed by atoms with van der Waals surface area (Å²) in [6.07, 6.45) is 3.92. The SMILES string of the molecule is CC(C)Cc1cc(C(=O)NC2CCC(O)CC2)n[nH]1. The lowest BCUT2D eigenvalue weighted by Gasteiger charge is -2.25. The second kappa shape index (κ2) is 6.19. The number of nitrogens with one attached hydrogen (secondary N) is 2. The summed E-state index contributed by atoms with van der Waals surface area (Å²) in [7, 11) is 0. The molecule has 1 heterocycles. The Morgan fingerprint density at radius 3 is 2.79 bits per heavy atom. The van der Waals surface area contributed by atoms with Gasteiger partial charge in [-0.15, -0.1) is 0 Å². The lowest BCUT2D eigenvalue weighted by molar-refractivity contribution is 0.0863. The van der Waals surface area contributed by atoms with Crippen molar-refractivity contribution in [2.24, 2.45) is 5.92 Å². The van der Waals surface area contributed by atoms with Crippen LogP contribution in [-0.4, -0.2) is 33.4 Å². The molecule has 1 aliphatic rings. The average molecular weight is 265 g/mol. The number of nitrogens with zero attached hydrogens (tertiary/aromatic N) is 1. The van der Waals surface area contributed by atoms with Crippen molar-refractivity contribution in [3.05, 3.63) is 17.5 Å². The maximum Gasteiger partial charge on any atom is 0.271 e. The fraction of sp³-hybridized carbons (Fsp3) is 0.714. The Bertz CT molecular complexity index is 420. The normalized spacial score (nSPS) is 23.6. The quantitative estimate of drug-likeness (QED) is 0.774. The first-order chi connectivity index (χ1) is 9.04. The van der Waals surface area contributed by atoms with Gasteiger partial charge in [0.25, 0.3) is 5.91 Å². The molecule has 5 nitrogen and oxygen atoms in total. The molecule has 1 aliphatic carbocycles. The standard InChI is InChI=1S/C14H23N3O2/c1-9(2)7-11-8-13(17-16-11)14(19)15-10-3-5-12(18)6-4-10/h8-10,12,18H,3-7H2,1-2H3,(H,15,19)(H,16,17). The molecule has 106 valence electrons. The van der Waals surface area contributed by atoms with Gasteiger partial charge in [-0.05, 0) is 44.1 Å². The monoisotopic (exact) mass is 265 g/mol. The van der Waals surface area contributed by atoms with E-state index in [1.54, 1.807) is 0 Å². The van der Waals surface area contributed by atoms with Crippen LogP contribution in [0.2, 0.25) is 0 Å². The van der Waals surface area contributed by atoms with Crippen LogP contribution in [0.5, 0.6) is 0 Å². The van der Waals surface area contributed by atoms with Gasteiger partial charge in [-0.25, -0.2) is 0 Å². The van der Waals surface area contributed by atoms with E-state index in [-0.39, 0.29) is 18.1 Å². The number of aliphatic hydroxyl groups excluding tert-OH is 1. The highest BCUT2D eigenvalue weighted by Crippen LogP contribution is 2.18. The molecule has 1 aromatic rings. The first-order valence-electron chi connectivity index (χ1n) is 7.08. The van der Waals surface area contributed by atoms with Crippen molar-refractivity contribution in [1.82, 2.24) is 15.5 Å². The molecule has 1 aromatic heterocycles. The summed E-state index contributed by atoms with van der Waals surface area (Å²) >= 11 is 0. The van der Waals surface area contributed by atoms with Crippen LogP contribution in [0.1, 0.15) is 55.7 Å². The molecule has 5 heteroatoms. The first-order valence-corrected chi connectivity index (χ1v) is 7.08. The molecule has 3 N–H and O–H groups in total. The lowest BCUT2D eigenvalue weighted by atomic mass is 9.93. The van der Waals surface area contributed by atoms with Gasteiger partial charge >= 0.3 is 0 Å². The number of amides is 1. The Balaban J connectivity index is 1.87. The zero-order chi connectivity index (χ0) is 13.8. The van der Waals surface area contributed by atoms with Gasteiger partial charge in [0.05, 0.1) is 6.10 Å². The summed E-state index contributed by atoms with van der Waals surface area (Å²) in [6.45, 7) is 4.27. The molecule has 1 fully saturated rings. The molecule has 0 atom stereocenters. The number of hydrogen-bond acceptors (Lipinski definition) is 3. The number of carbonyl (C=O) groups is 1. The van der Waals surface area contributed by atoms with Gasteiger partial charge in [0, 0.05) is 11.7 Å². The van der Waals surface area contributed by atoms with E-state index >= 15 is 0 Å². The largest absolute Gasteiger partial charge is 0.393 e. The number of aromatic nitrogens is 2. The zero-order valence-electron chi connectivity index (χ0n) is 11.6. The summed E-state index contributed by atoms with van der Waals surface area (Å²) < 4.78 is 0. The summed E-state index contributed by atoms with van der Waals surface area (Å²) in [6, 6.07) is 1.99. The number of hydrogen-bond donors (Lipinski definition) is 3. The van der Waals surface area contributed by atoms with Gasteiger partial charge in [0.2, 0.25) is 0 Å². The molecule has 0 aliphatic heterocycles. The Morgan fingerprint density at radius 2 is 2.16 bits per heavy atom. The molecule has 2 rings (SSSR count). The first kappa shape index (κ1) is 14.1. The van der Waals surface area contributed by atoms with Gasteiger partial charge in [-0.1, -0.05) is 13.8 Å². The van der Waals surface area contributed by atoms with E-state index in [1.165, 1.54) is 0 Å². The van der Waals surface area contributed by atoms with Gasteiger partial charge < -0.3 is 10.4 Å². The van der Waals surface area contributed by atoms with Crippen LogP contribution in [0.3, 0.4) is 0 Å². The predicted octanol–water partition coefficient (Wildman–Crippen LogP) is 1.64. The molecule has 0 unspecified atom stereocenters. The van der Waals surface area contributed by atoms with E-state index in [4.69, 9.17) is 0 Å². The summed E-state index contributed by atoms with van der Waals surface area (Å²) in [4.78, 5) is 12.0. The van der Waals surface area contributed by atoms with E-state index in [2.05, 4.69) is 29.4 Å².